The van der Waals surface area contributed by atoms with Crippen molar-refractivity contribution in [2.75, 3.05) is 7.05 Å². The highest BCUT2D eigenvalue weighted by molar-refractivity contribution is 5.68. The van der Waals surface area contributed by atoms with Gasteiger partial charge in [-0.2, -0.15) is 0 Å². The van der Waals surface area contributed by atoms with Crippen LogP contribution in [0.4, 0.5) is 4.79 Å². The van der Waals surface area contributed by atoms with Crippen LogP contribution < -0.4 is 5.73 Å². The maximum atomic E-state index is 11.9. The number of nitrogens with zero attached hydrogens (tertiary/aromatic N) is 1. The van der Waals surface area contributed by atoms with Gasteiger partial charge in [0.25, 0.3) is 0 Å². The quantitative estimate of drug-likeness (QED) is 0.809. The van der Waals surface area contributed by atoms with Crippen molar-refractivity contribution < 1.29 is 9.53 Å². The number of amides is 1. The Balaban J connectivity index is 4.48. The molecule has 0 aliphatic heterocycles. The lowest BCUT2D eigenvalue weighted by molar-refractivity contribution is 0.0202. The van der Waals surface area contributed by atoms with Gasteiger partial charge in [0.05, 0.1) is 0 Å². The highest BCUT2D eigenvalue weighted by Crippen LogP contribution is 2.15. The van der Waals surface area contributed by atoms with Crippen LogP contribution in [0.2, 0.25) is 0 Å². The summed E-state index contributed by atoms with van der Waals surface area (Å²) in [6.45, 7) is 9.69. The summed E-state index contributed by atoms with van der Waals surface area (Å²) in [7, 11) is 1.79. The van der Waals surface area contributed by atoms with E-state index < -0.39 is 5.60 Å². The minimum Gasteiger partial charge on any atom is -0.444 e. The second kappa shape index (κ2) is 6.84. The van der Waals surface area contributed by atoms with Crippen LogP contribution in [-0.4, -0.2) is 35.7 Å². The molecule has 0 heterocycles. The van der Waals surface area contributed by atoms with Gasteiger partial charge < -0.3 is 15.4 Å². The molecule has 2 atom stereocenters. The van der Waals surface area contributed by atoms with Gasteiger partial charge in [-0.15, -0.1) is 0 Å². The fraction of sp³-hybridized carbons (Fsp3) is 0.923. The lowest BCUT2D eigenvalue weighted by atomic mass is 10.0. The maximum Gasteiger partial charge on any atom is 0.410 e. The van der Waals surface area contributed by atoms with Crippen LogP contribution in [0.1, 0.15) is 53.9 Å². The molecule has 1 amide bonds. The van der Waals surface area contributed by atoms with E-state index in [1.165, 1.54) is 0 Å². The van der Waals surface area contributed by atoms with Crippen LogP contribution >= 0.6 is 0 Å². The number of carbonyl (C=O) groups is 1. The van der Waals surface area contributed by atoms with E-state index in [1.54, 1.807) is 11.9 Å². The average Bonchev–Trinajstić information content (AvgIpc) is 2.12. The minimum atomic E-state index is -0.448. The molecular weight excluding hydrogens is 216 g/mol. The highest BCUT2D eigenvalue weighted by Gasteiger charge is 2.25. The Morgan fingerprint density at radius 3 is 2.29 bits per heavy atom. The van der Waals surface area contributed by atoms with Gasteiger partial charge in [0.2, 0.25) is 0 Å². The standard InChI is InChI=1S/C13H28N2O2/c1-7-8-11(9-10(2)14)15(6)12(16)17-13(3,4)5/h10-11H,7-9,14H2,1-6H3. The average molecular weight is 244 g/mol. The molecule has 0 saturated carbocycles. The zero-order valence-corrected chi connectivity index (χ0v) is 12.1. The summed E-state index contributed by atoms with van der Waals surface area (Å²) in [5.74, 6) is 0. The van der Waals surface area contributed by atoms with Crippen LogP contribution in [0.15, 0.2) is 0 Å². The molecule has 17 heavy (non-hydrogen) atoms. The van der Waals surface area contributed by atoms with Crippen LogP contribution in [0.3, 0.4) is 0 Å². The molecule has 0 aliphatic carbocycles. The summed E-state index contributed by atoms with van der Waals surface area (Å²) in [5.41, 5.74) is 5.36. The molecule has 0 aromatic heterocycles. The second-order valence-electron chi connectivity index (χ2n) is 5.75. The van der Waals surface area contributed by atoms with E-state index in [4.69, 9.17) is 10.5 Å². The van der Waals surface area contributed by atoms with Gasteiger partial charge in [-0.25, -0.2) is 4.79 Å². The first-order chi connectivity index (χ1) is 7.67. The molecular formula is C13H28N2O2. The third kappa shape index (κ3) is 7.21. The molecule has 0 rings (SSSR count). The van der Waals surface area contributed by atoms with Gasteiger partial charge in [-0.05, 0) is 40.5 Å². The zero-order valence-electron chi connectivity index (χ0n) is 12.1. The molecule has 0 saturated heterocycles. The molecule has 0 bridgehead atoms. The van der Waals surface area contributed by atoms with Gasteiger partial charge in [0.15, 0.2) is 0 Å². The Labute approximate surface area is 105 Å². The summed E-state index contributed by atoms with van der Waals surface area (Å²) in [4.78, 5) is 13.6. The van der Waals surface area contributed by atoms with E-state index in [0.29, 0.717) is 0 Å². The molecule has 4 heteroatoms. The molecule has 2 N–H and O–H groups in total. The van der Waals surface area contributed by atoms with Gasteiger partial charge in [0, 0.05) is 19.1 Å². The van der Waals surface area contributed by atoms with Gasteiger partial charge >= 0.3 is 6.09 Å². The third-order valence-corrected chi connectivity index (χ3v) is 2.49. The van der Waals surface area contributed by atoms with Gasteiger partial charge in [0.1, 0.15) is 5.60 Å². The van der Waals surface area contributed by atoms with E-state index >= 15 is 0 Å². The lowest BCUT2D eigenvalue weighted by Crippen LogP contribution is -2.42. The summed E-state index contributed by atoms with van der Waals surface area (Å²) in [5, 5.41) is 0. The van der Waals surface area contributed by atoms with Crippen molar-refractivity contribution in [3.63, 3.8) is 0 Å². The number of carbonyl (C=O) groups excluding carboxylic acids is 1. The molecule has 0 spiro atoms. The second-order valence-corrected chi connectivity index (χ2v) is 5.75. The summed E-state index contributed by atoms with van der Waals surface area (Å²) >= 11 is 0. The Bertz CT molecular complexity index is 234. The Hall–Kier alpha value is -0.770. The number of hydrogen-bond donors (Lipinski definition) is 1. The smallest absolute Gasteiger partial charge is 0.410 e. The molecule has 0 aromatic rings. The molecule has 0 radical (unpaired) electrons. The van der Waals surface area contributed by atoms with Crippen LogP contribution in [0, 0.1) is 0 Å². The monoisotopic (exact) mass is 244 g/mol. The van der Waals surface area contributed by atoms with Crippen LogP contribution in [0.5, 0.6) is 0 Å². The van der Waals surface area contributed by atoms with Crippen molar-refractivity contribution in [2.45, 2.75) is 71.6 Å². The first-order valence-corrected chi connectivity index (χ1v) is 6.38. The van der Waals surface area contributed by atoms with Crippen molar-refractivity contribution in [2.24, 2.45) is 5.73 Å². The highest BCUT2D eigenvalue weighted by atomic mass is 16.6. The predicted molar refractivity (Wildman–Crippen MR) is 71.0 cm³/mol. The van der Waals surface area contributed by atoms with Crippen molar-refractivity contribution in [1.82, 2.24) is 4.90 Å². The minimum absolute atomic E-state index is 0.0939. The topological polar surface area (TPSA) is 55.6 Å². The van der Waals surface area contributed by atoms with Crippen molar-refractivity contribution in [3.8, 4) is 0 Å². The number of ether oxygens (including phenoxy) is 1. The maximum absolute atomic E-state index is 11.9. The fourth-order valence-electron chi connectivity index (χ4n) is 1.71. The van der Waals surface area contributed by atoms with Crippen LogP contribution in [0.25, 0.3) is 0 Å². The van der Waals surface area contributed by atoms with Gasteiger partial charge in [-0.1, -0.05) is 13.3 Å². The lowest BCUT2D eigenvalue weighted by Gasteiger charge is -2.31. The van der Waals surface area contributed by atoms with E-state index in [2.05, 4.69) is 6.92 Å². The Kier molecular flexibility index (Phi) is 6.53. The molecule has 0 aromatic carbocycles. The Morgan fingerprint density at radius 2 is 1.94 bits per heavy atom. The van der Waals surface area contributed by atoms with Crippen molar-refractivity contribution >= 4 is 6.09 Å². The number of nitrogens with two attached hydrogens (primary N) is 1. The zero-order chi connectivity index (χ0) is 13.6. The van der Waals surface area contributed by atoms with Crippen molar-refractivity contribution in [1.29, 1.82) is 0 Å². The molecule has 4 nitrogen and oxygen atoms in total. The number of hydrogen-bond acceptors (Lipinski definition) is 3. The third-order valence-electron chi connectivity index (χ3n) is 2.49. The Morgan fingerprint density at radius 1 is 1.41 bits per heavy atom. The summed E-state index contributed by atoms with van der Waals surface area (Å²) < 4.78 is 5.35. The molecule has 102 valence electrons. The predicted octanol–water partition coefficient (Wildman–Crippen LogP) is 2.76. The fourth-order valence-corrected chi connectivity index (χ4v) is 1.71. The molecule has 2 unspecified atom stereocenters. The summed E-state index contributed by atoms with van der Waals surface area (Å²) in [6, 6.07) is 0.256. The first-order valence-electron chi connectivity index (χ1n) is 6.38. The van der Waals surface area contributed by atoms with Gasteiger partial charge in [-0.3, -0.25) is 0 Å². The van der Waals surface area contributed by atoms with Crippen LogP contribution in [-0.2, 0) is 4.74 Å². The SMILES string of the molecule is CCCC(CC(C)N)N(C)C(=O)OC(C)(C)C. The molecule has 0 aliphatic rings. The number of rotatable bonds is 5. The summed E-state index contributed by atoms with van der Waals surface area (Å²) in [6.07, 6.45) is 2.53. The van der Waals surface area contributed by atoms with E-state index in [0.717, 1.165) is 19.3 Å². The first kappa shape index (κ1) is 16.2. The largest absolute Gasteiger partial charge is 0.444 e. The molecule has 0 fully saturated rings. The van der Waals surface area contributed by atoms with E-state index in [9.17, 15) is 4.79 Å². The van der Waals surface area contributed by atoms with E-state index in [-0.39, 0.29) is 18.2 Å². The normalized spacial score (nSPS) is 15.2. The van der Waals surface area contributed by atoms with E-state index in [1.807, 2.05) is 27.7 Å². The van der Waals surface area contributed by atoms with Crippen molar-refractivity contribution in [3.05, 3.63) is 0 Å².